The molecule has 0 aromatic rings. The molecule has 1 aliphatic rings. The van der Waals surface area contributed by atoms with Crippen LogP contribution in [0.1, 0.15) is 34.1 Å². The third kappa shape index (κ3) is 2.77. The van der Waals surface area contributed by atoms with Crippen molar-refractivity contribution in [1.82, 2.24) is 10.2 Å². The number of nitrogens with one attached hydrogen (secondary N) is 1. The van der Waals surface area contributed by atoms with E-state index in [0.29, 0.717) is 19.5 Å². The van der Waals surface area contributed by atoms with Crippen molar-refractivity contribution >= 4 is 11.8 Å². The Morgan fingerprint density at radius 3 is 2.47 bits per heavy atom. The number of rotatable bonds is 4. The van der Waals surface area contributed by atoms with Gasteiger partial charge in [0.2, 0.25) is 11.8 Å². The number of nitrogens with two attached hydrogens (primary N) is 1. The molecule has 0 aromatic carbocycles. The maximum atomic E-state index is 12.3. The normalized spacial score (nSPS) is 25.1. The molecule has 98 valence electrons. The second-order valence-electron chi connectivity index (χ2n) is 5.56. The molecule has 0 radical (unpaired) electrons. The number of carbonyl (C=O) groups excluding carboxylic acids is 2. The number of nitrogens with zero attached hydrogens (tertiary/aromatic N) is 1. The van der Waals surface area contributed by atoms with Crippen LogP contribution in [0.25, 0.3) is 0 Å². The molecule has 0 saturated carbocycles. The van der Waals surface area contributed by atoms with Gasteiger partial charge in [0.25, 0.3) is 0 Å². The van der Waals surface area contributed by atoms with Crippen molar-refractivity contribution in [1.29, 1.82) is 0 Å². The van der Waals surface area contributed by atoms with Crippen LogP contribution in [0.4, 0.5) is 0 Å². The monoisotopic (exact) mass is 241 g/mol. The van der Waals surface area contributed by atoms with Crippen molar-refractivity contribution in [3.8, 4) is 0 Å². The Labute approximate surface area is 103 Å². The lowest BCUT2D eigenvalue weighted by Crippen LogP contribution is -2.54. The van der Waals surface area contributed by atoms with Gasteiger partial charge in [-0.05, 0) is 33.7 Å². The van der Waals surface area contributed by atoms with Crippen molar-refractivity contribution in [3.63, 3.8) is 0 Å². The molecule has 0 bridgehead atoms. The van der Waals surface area contributed by atoms with Gasteiger partial charge < -0.3 is 16.0 Å². The predicted octanol–water partition coefficient (Wildman–Crippen LogP) is 0.0984. The summed E-state index contributed by atoms with van der Waals surface area (Å²) >= 11 is 0. The quantitative estimate of drug-likeness (QED) is 0.733. The third-order valence-corrected chi connectivity index (χ3v) is 3.51. The average Bonchev–Trinajstić information content (AvgIpc) is 2.61. The van der Waals surface area contributed by atoms with E-state index in [9.17, 15) is 9.59 Å². The third-order valence-electron chi connectivity index (χ3n) is 3.51. The van der Waals surface area contributed by atoms with Gasteiger partial charge in [-0.1, -0.05) is 6.92 Å². The zero-order valence-corrected chi connectivity index (χ0v) is 11.2. The first-order chi connectivity index (χ1) is 7.73. The Balaban J connectivity index is 2.72. The summed E-state index contributed by atoms with van der Waals surface area (Å²) in [4.78, 5) is 25.3. The van der Waals surface area contributed by atoms with E-state index in [4.69, 9.17) is 5.73 Å². The molecule has 0 spiro atoms. The molecule has 1 unspecified atom stereocenters. The number of hydrogen-bond acceptors (Lipinski definition) is 3. The summed E-state index contributed by atoms with van der Waals surface area (Å²) in [7, 11) is 0. The van der Waals surface area contributed by atoms with E-state index in [2.05, 4.69) is 5.32 Å². The fourth-order valence-corrected chi connectivity index (χ4v) is 2.25. The van der Waals surface area contributed by atoms with E-state index in [1.165, 1.54) is 0 Å². The molecular formula is C12H23N3O2. The lowest BCUT2D eigenvalue weighted by molar-refractivity contribution is -0.137. The lowest BCUT2D eigenvalue weighted by atomic mass is 9.89. The first kappa shape index (κ1) is 14.0. The standard InChI is InChI=1S/C12H23N3O2/c1-5-14-11(2,3)10(17)15-7-6-12(4,8-15)9(13)16/h14H,5-8H2,1-4H3,(H2,13,16). The number of likely N-dealkylation sites (tertiary alicyclic amines) is 1. The maximum Gasteiger partial charge on any atom is 0.242 e. The molecule has 2 amide bonds. The van der Waals surface area contributed by atoms with Crippen molar-refractivity contribution in [3.05, 3.63) is 0 Å². The molecule has 0 aliphatic carbocycles. The summed E-state index contributed by atoms with van der Waals surface area (Å²) in [5.74, 6) is -0.293. The van der Waals surface area contributed by atoms with Crippen LogP contribution in [0.5, 0.6) is 0 Å². The van der Waals surface area contributed by atoms with Crippen LogP contribution in [0, 0.1) is 5.41 Å². The molecule has 1 heterocycles. The van der Waals surface area contributed by atoms with Crippen LogP contribution in [0.3, 0.4) is 0 Å². The van der Waals surface area contributed by atoms with E-state index >= 15 is 0 Å². The Kier molecular flexibility index (Phi) is 3.81. The average molecular weight is 241 g/mol. The molecule has 5 nitrogen and oxygen atoms in total. The van der Waals surface area contributed by atoms with Gasteiger partial charge in [0.15, 0.2) is 0 Å². The number of likely N-dealkylation sites (N-methyl/N-ethyl adjacent to an activating group) is 1. The summed E-state index contributed by atoms with van der Waals surface area (Å²) in [6.07, 6.45) is 0.649. The number of primary amides is 1. The van der Waals surface area contributed by atoms with Gasteiger partial charge in [-0.2, -0.15) is 0 Å². The summed E-state index contributed by atoms with van der Waals surface area (Å²) < 4.78 is 0. The van der Waals surface area contributed by atoms with Gasteiger partial charge >= 0.3 is 0 Å². The zero-order chi connectivity index (χ0) is 13.3. The summed E-state index contributed by atoms with van der Waals surface area (Å²) in [5.41, 5.74) is 4.21. The molecule has 1 atom stereocenters. The molecular weight excluding hydrogens is 218 g/mol. The van der Waals surface area contributed by atoms with Crippen LogP contribution in [-0.2, 0) is 9.59 Å². The van der Waals surface area contributed by atoms with E-state index in [-0.39, 0.29) is 11.8 Å². The molecule has 1 aliphatic heterocycles. The molecule has 1 saturated heterocycles. The highest BCUT2D eigenvalue weighted by Crippen LogP contribution is 2.30. The number of amides is 2. The van der Waals surface area contributed by atoms with Crippen molar-refractivity contribution in [2.24, 2.45) is 11.1 Å². The van der Waals surface area contributed by atoms with Gasteiger partial charge in [-0.15, -0.1) is 0 Å². The zero-order valence-electron chi connectivity index (χ0n) is 11.2. The van der Waals surface area contributed by atoms with E-state index in [1.54, 1.807) is 4.90 Å². The predicted molar refractivity (Wildman–Crippen MR) is 66.3 cm³/mol. The fourth-order valence-electron chi connectivity index (χ4n) is 2.25. The molecule has 1 rings (SSSR count). The SMILES string of the molecule is CCNC(C)(C)C(=O)N1CCC(C)(C(N)=O)C1. The lowest BCUT2D eigenvalue weighted by Gasteiger charge is -2.30. The van der Waals surface area contributed by atoms with Crippen LogP contribution in [-0.4, -0.2) is 41.9 Å². The Hall–Kier alpha value is -1.10. The van der Waals surface area contributed by atoms with Gasteiger partial charge in [-0.3, -0.25) is 9.59 Å². The van der Waals surface area contributed by atoms with Gasteiger partial charge in [0, 0.05) is 13.1 Å². The highest BCUT2D eigenvalue weighted by molar-refractivity contribution is 5.88. The van der Waals surface area contributed by atoms with Gasteiger partial charge in [-0.25, -0.2) is 0 Å². The summed E-state index contributed by atoms with van der Waals surface area (Å²) in [6, 6.07) is 0. The van der Waals surface area contributed by atoms with E-state index in [0.717, 1.165) is 6.54 Å². The van der Waals surface area contributed by atoms with Crippen molar-refractivity contribution in [2.75, 3.05) is 19.6 Å². The van der Waals surface area contributed by atoms with E-state index < -0.39 is 11.0 Å². The molecule has 1 fully saturated rings. The Bertz CT molecular complexity index is 328. The minimum atomic E-state index is -0.586. The first-order valence-corrected chi connectivity index (χ1v) is 6.07. The largest absolute Gasteiger partial charge is 0.369 e. The highest BCUT2D eigenvalue weighted by atomic mass is 16.2. The van der Waals surface area contributed by atoms with Gasteiger partial charge in [0.05, 0.1) is 11.0 Å². The topological polar surface area (TPSA) is 75.4 Å². The van der Waals surface area contributed by atoms with E-state index in [1.807, 2.05) is 27.7 Å². The number of hydrogen-bond donors (Lipinski definition) is 2. The maximum absolute atomic E-state index is 12.3. The molecule has 3 N–H and O–H groups in total. The van der Waals surface area contributed by atoms with Gasteiger partial charge in [0.1, 0.15) is 0 Å². The fraction of sp³-hybridized carbons (Fsp3) is 0.833. The molecule has 5 heteroatoms. The van der Waals surface area contributed by atoms with Crippen molar-refractivity contribution in [2.45, 2.75) is 39.7 Å². The second-order valence-corrected chi connectivity index (χ2v) is 5.56. The summed E-state index contributed by atoms with van der Waals surface area (Å²) in [5, 5.41) is 3.15. The first-order valence-electron chi connectivity index (χ1n) is 6.07. The molecule has 0 aromatic heterocycles. The Morgan fingerprint density at radius 2 is 2.06 bits per heavy atom. The minimum absolute atomic E-state index is 0.0318. The highest BCUT2D eigenvalue weighted by Gasteiger charge is 2.43. The number of carbonyl (C=O) groups is 2. The smallest absolute Gasteiger partial charge is 0.242 e. The van der Waals surface area contributed by atoms with Crippen LogP contribution >= 0.6 is 0 Å². The van der Waals surface area contributed by atoms with Crippen LogP contribution in [0.2, 0.25) is 0 Å². The minimum Gasteiger partial charge on any atom is -0.369 e. The van der Waals surface area contributed by atoms with Crippen LogP contribution in [0.15, 0.2) is 0 Å². The second kappa shape index (κ2) is 4.64. The van der Waals surface area contributed by atoms with Crippen molar-refractivity contribution < 1.29 is 9.59 Å². The van der Waals surface area contributed by atoms with Crippen LogP contribution < -0.4 is 11.1 Å². The molecule has 17 heavy (non-hydrogen) atoms. The summed E-state index contributed by atoms with van der Waals surface area (Å²) in [6.45, 7) is 9.27. The Morgan fingerprint density at radius 1 is 1.47 bits per heavy atom.